The second-order valence-electron chi connectivity index (χ2n) is 3.86. The predicted molar refractivity (Wildman–Crippen MR) is 68.4 cm³/mol. The number of benzene rings is 2. The van der Waals surface area contributed by atoms with Crippen molar-refractivity contribution < 1.29 is 19.4 Å². The summed E-state index contributed by atoms with van der Waals surface area (Å²) in [6.07, 6.45) is 0. The van der Waals surface area contributed by atoms with Crippen LogP contribution in [0.3, 0.4) is 0 Å². The van der Waals surface area contributed by atoms with Crippen molar-refractivity contribution in [3.8, 4) is 0 Å². The molecule has 0 spiro atoms. The van der Waals surface area contributed by atoms with Gasteiger partial charge in [0, 0.05) is 9.79 Å². The van der Waals surface area contributed by atoms with Crippen LogP contribution < -0.4 is 0 Å². The molecule has 0 aliphatic rings. The fraction of sp³-hybridized carbons (Fsp3) is 0. The minimum absolute atomic E-state index is 0.423. The largest absolute Gasteiger partial charge is 0.310 e. The van der Waals surface area contributed by atoms with Crippen molar-refractivity contribution in [2.45, 2.75) is 14.7 Å². The van der Waals surface area contributed by atoms with Gasteiger partial charge in [0.1, 0.15) is 4.90 Å². The maximum Gasteiger partial charge on any atom is 0.310 e. The van der Waals surface area contributed by atoms with Gasteiger partial charge in [-0.1, -0.05) is 49.4 Å². The molecule has 0 saturated heterocycles. The highest BCUT2D eigenvalue weighted by Crippen LogP contribution is 3.02. The minimum Gasteiger partial charge on any atom is -0.0936 e. The summed E-state index contributed by atoms with van der Waals surface area (Å²) < 4.78 is 62.5. The van der Waals surface area contributed by atoms with E-state index in [0.29, 0.717) is 17.0 Å². The van der Waals surface area contributed by atoms with E-state index in [1.54, 1.807) is 30.3 Å². The zero-order chi connectivity index (χ0) is 14.2. The lowest BCUT2D eigenvalue weighted by Gasteiger charge is -2.40. The van der Waals surface area contributed by atoms with E-state index in [2.05, 4.69) is 0 Å². The molecule has 0 aromatic heterocycles. The van der Waals surface area contributed by atoms with Gasteiger partial charge in [0.2, 0.25) is 0 Å². The number of hydrogen-bond donors (Lipinski definition) is 0. The molecule has 0 fully saturated rings. The average Bonchev–Trinajstić information content (AvgIpc) is 2.28. The van der Waals surface area contributed by atoms with Gasteiger partial charge >= 0.3 is 10.2 Å². The summed E-state index contributed by atoms with van der Waals surface area (Å²) in [5, 5.41) is 0. The summed E-state index contributed by atoms with van der Waals surface area (Å²) in [6, 6.07) is 11.9. The van der Waals surface area contributed by atoms with Gasteiger partial charge in [-0.2, -0.15) is 0 Å². The first-order valence-electron chi connectivity index (χ1n) is 5.12. The lowest BCUT2D eigenvalue weighted by Crippen LogP contribution is -2.05. The van der Waals surface area contributed by atoms with E-state index in [1.807, 2.05) is 0 Å². The molecule has 0 atom stereocenters. The highest BCUT2D eigenvalue weighted by atomic mass is 32.5. The molecule has 0 unspecified atom stereocenters. The van der Waals surface area contributed by atoms with E-state index in [0.717, 1.165) is 17.0 Å². The topological polar surface area (TPSA) is 0 Å². The fourth-order valence-corrected chi connectivity index (χ4v) is 2.88. The van der Waals surface area contributed by atoms with Crippen LogP contribution in [-0.2, 0) is 0 Å². The molecule has 19 heavy (non-hydrogen) atoms. The van der Waals surface area contributed by atoms with Crippen LogP contribution in [0.15, 0.2) is 69.3 Å². The second kappa shape index (κ2) is 3.89. The van der Waals surface area contributed by atoms with Gasteiger partial charge in [0.05, 0.1) is 0 Å². The molecular weight excluding hydrogens is 303 g/mol. The number of halogens is 5. The van der Waals surface area contributed by atoms with Gasteiger partial charge in [-0.25, -0.2) is 0 Å². The van der Waals surface area contributed by atoms with Crippen LogP contribution in [0, 0.1) is 0 Å². The number of rotatable bonds is 3. The Kier molecular flexibility index (Phi) is 2.91. The van der Waals surface area contributed by atoms with E-state index in [9.17, 15) is 19.4 Å². The SMILES string of the molecule is FS(F)(F)(F)(F)c1ccc(Sc2ccccc2)cc1. The normalized spacial score (nSPS) is 15.6. The van der Waals surface area contributed by atoms with E-state index in [1.165, 1.54) is 11.8 Å². The maximum atomic E-state index is 12.5. The molecule has 0 radical (unpaired) electrons. The summed E-state index contributed by atoms with van der Waals surface area (Å²) in [5.74, 6) is 0. The van der Waals surface area contributed by atoms with Crippen LogP contribution in [0.5, 0.6) is 0 Å². The molecule has 0 aliphatic carbocycles. The molecule has 0 nitrogen and oxygen atoms in total. The quantitative estimate of drug-likeness (QED) is 0.583. The second-order valence-corrected chi connectivity index (χ2v) is 7.41. The summed E-state index contributed by atoms with van der Waals surface area (Å²) >= 11 is 1.21. The third kappa shape index (κ3) is 3.87. The molecule has 0 heterocycles. The van der Waals surface area contributed by atoms with Gasteiger partial charge in [-0.15, -0.1) is 0 Å². The molecule has 0 amide bonds. The Balaban J connectivity index is 2.26. The molecule has 7 heteroatoms. The third-order valence-corrected chi connectivity index (χ3v) is 4.43. The average molecular weight is 312 g/mol. The smallest absolute Gasteiger partial charge is 0.0936 e. The van der Waals surface area contributed by atoms with Crippen LogP contribution in [0.2, 0.25) is 0 Å². The van der Waals surface area contributed by atoms with E-state index < -0.39 is 15.1 Å². The Bertz CT molecular complexity index is 575. The first kappa shape index (κ1) is 14.2. The molecule has 2 rings (SSSR count). The lowest BCUT2D eigenvalue weighted by molar-refractivity contribution is 0.364. The number of hydrogen-bond acceptors (Lipinski definition) is 1. The van der Waals surface area contributed by atoms with Crippen LogP contribution in [0.25, 0.3) is 0 Å². The summed E-state index contributed by atoms with van der Waals surface area (Å²) in [6.45, 7) is 0. The molecule has 0 aliphatic heterocycles. The minimum atomic E-state index is -9.56. The van der Waals surface area contributed by atoms with Crippen LogP contribution in [0.4, 0.5) is 19.4 Å². The highest BCUT2D eigenvalue weighted by Gasteiger charge is 2.65. The van der Waals surface area contributed by atoms with Crippen molar-refractivity contribution in [1.29, 1.82) is 0 Å². The van der Waals surface area contributed by atoms with Crippen LogP contribution >= 0.6 is 22.0 Å². The monoisotopic (exact) mass is 312 g/mol. The van der Waals surface area contributed by atoms with Crippen LogP contribution in [-0.4, -0.2) is 0 Å². The molecule has 0 bridgehead atoms. The van der Waals surface area contributed by atoms with Crippen molar-refractivity contribution in [2.24, 2.45) is 0 Å². The van der Waals surface area contributed by atoms with Crippen molar-refractivity contribution >= 4 is 22.0 Å². The molecule has 0 N–H and O–H groups in total. The highest BCUT2D eigenvalue weighted by molar-refractivity contribution is 8.45. The van der Waals surface area contributed by atoms with Crippen molar-refractivity contribution in [3.63, 3.8) is 0 Å². The van der Waals surface area contributed by atoms with Gasteiger partial charge in [-0.3, -0.25) is 0 Å². The fourth-order valence-electron chi connectivity index (χ4n) is 1.39. The standard InChI is InChI=1S/C12H9F5S2/c13-19(14,15,16,17)12-8-6-11(7-9-12)18-10-4-2-1-3-5-10/h1-9H. The molecule has 2 aromatic carbocycles. The molecule has 0 saturated carbocycles. The van der Waals surface area contributed by atoms with Gasteiger partial charge in [0.15, 0.2) is 0 Å². The van der Waals surface area contributed by atoms with Gasteiger partial charge < -0.3 is 0 Å². The zero-order valence-corrected chi connectivity index (χ0v) is 11.0. The first-order chi connectivity index (χ1) is 8.54. The summed E-state index contributed by atoms with van der Waals surface area (Å²) in [5.41, 5.74) is 0. The van der Waals surface area contributed by atoms with Crippen molar-refractivity contribution in [1.82, 2.24) is 0 Å². The lowest BCUT2D eigenvalue weighted by atomic mass is 10.4. The van der Waals surface area contributed by atoms with Gasteiger partial charge in [0.25, 0.3) is 0 Å². The Morgan fingerprint density at radius 2 is 1.11 bits per heavy atom. The van der Waals surface area contributed by atoms with E-state index in [-0.39, 0.29) is 0 Å². The summed E-state index contributed by atoms with van der Waals surface area (Å²) in [4.78, 5) is -0.572. The predicted octanol–water partition coefficient (Wildman–Crippen LogP) is 6.50. The Morgan fingerprint density at radius 3 is 1.58 bits per heavy atom. The van der Waals surface area contributed by atoms with Crippen molar-refractivity contribution in [2.75, 3.05) is 0 Å². The Morgan fingerprint density at radius 1 is 0.632 bits per heavy atom. The third-order valence-electron chi connectivity index (χ3n) is 2.25. The first-order valence-corrected chi connectivity index (χ1v) is 7.88. The summed E-state index contributed by atoms with van der Waals surface area (Å²) in [7, 11) is -9.56. The van der Waals surface area contributed by atoms with E-state index >= 15 is 0 Å². The molecule has 2 aromatic rings. The Labute approximate surface area is 111 Å². The van der Waals surface area contributed by atoms with Crippen molar-refractivity contribution in [3.05, 3.63) is 54.6 Å². The van der Waals surface area contributed by atoms with E-state index in [4.69, 9.17) is 0 Å². The molecule has 104 valence electrons. The van der Waals surface area contributed by atoms with Crippen LogP contribution in [0.1, 0.15) is 0 Å². The van der Waals surface area contributed by atoms with Gasteiger partial charge in [-0.05, 0) is 36.4 Å². The molecular formula is C12H9F5S2. The Hall–Kier alpha value is -1.21. The zero-order valence-electron chi connectivity index (χ0n) is 9.40. The maximum absolute atomic E-state index is 12.5.